The molecule has 1 amide bonds. The van der Waals surface area contributed by atoms with Crippen LogP contribution in [0.25, 0.3) is 0 Å². The molecule has 1 aromatic carbocycles. The maximum atomic E-state index is 12.0. The van der Waals surface area contributed by atoms with E-state index in [1.165, 1.54) is 12.4 Å². The van der Waals surface area contributed by atoms with Gasteiger partial charge in [-0.05, 0) is 18.1 Å². The van der Waals surface area contributed by atoms with E-state index in [0.29, 0.717) is 24.6 Å². The van der Waals surface area contributed by atoms with Gasteiger partial charge in [0.15, 0.2) is 0 Å². The molecule has 0 radical (unpaired) electrons. The summed E-state index contributed by atoms with van der Waals surface area (Å²) in [7, 11) is 0. The van der Waals surface area contributed by atoms with Crippen LogP contribution in [0.1, 0.15) is 21.5 Å². The molecular formula is C16H18N4O. The molecular weight excluding hydrogens is 264 g/mol. The lowest BCUT2D eigenvalue weighted by atomic mass is 10.1. The number of hydrogen-bond donors (Lipinski definition) is 2. The van der Waals surface area contributed by atoms with Gasteiger partial charge in [0.1, 0.15) is 0 Å². The summed E-state index contributed by atoms with van der Waals surface area (Å²) in [5.74, 6) is 0.291. The maximum absolute atomic E-state index is 12.0. The average Bonchev–Trinajstić information content (AvgIpc) is 2.52. The van der Waals surface area contributed by atoms with E-state index in [2.05, 4.69) is 27.2 Å². The topological polar surface area (TPSA) is 66.9 Å². The molecule has 2 aromatic rings. The Kier molecular flexibility index (Phi) is 5.04. The molecule has 108 valence electrons. The molecule has 5 heteroatoms. The van der Waals surface area contributed by atoms with E-state index >= 15 is 0 Å². The average molecular weight is 282 g/mol. The Morgan fingerprint density at radius 2 is 2.00 bits per heavy atom. The molecule has 21 heavy (non-hydrogen) atoms. The second-order valence-corrected chi connectivity index (χ2v) is 4.57. The lowest BCUT2D eigenvalue weighted by Gasteiger charge is -2.08. The standard InChI is InChI=1S/C16H18N4O/c1-3-8-17-16-19-10-14(11-20-16)15(21)18-9-13-7-5-4-6-12(13)2/h3-7,10-11H,1,8-9H2,2H3,(H,18,21)(H,17,19,20). The fourth-order valence-electron chi connectivity index (χ4n) is 1.79. The first-order valence-electron chi connectivity index (χ1n) is 6.70. The molecule has 0 atom stereocenters. The van der Waals surface area contributed by atoms with Gasteiger partial charge in [-0.1, -0.05) is 30.3 Å². The van der Waals surface area contributed by atoms with Gasteiger partial charge in [0.25, 0.3) is 5.91 Å². The van der Waals surface area contributed by atoms with Crippen LogP contribution in [-0.2, 0) is 6.54 Å². The van der Waals surface area contributed by atoms with Crippen LogP contribution in [-0.4, -0.2) is 22.4 Å². The number of nitrogens with zero attached hydrogens (tertiary/aromatic N) is 2. The number of rotatable bonds is 6. The molecule has 0 bridgehead atoms. The zero-order chi connectivity index (χ0) is 15.1. The number of carbonyl (C=O) groups is 1. The van der Waals surface area contributed by atoms with Crippen LogP contribution in [0.3, 0.4) is 0 Å². The predicted molar refractivity (Wildman–Crippen MR) is 83.1 cm³/mol. The first-order valence-corrected chi connectivity index (χ1v) is 6.70. The molecule has 2 rings (SSSR count). The van der Waals surface area contributed by atoms with Crippen molar-refractivity contribution in [2.75, 3.05) is 11.9 Å². The van der Waals surface area contributed by atoms with Gasteiger partial charge >= 0.3 is 0 Å². The molecule has 2 N–H and O–H groups in total. The van der Waals surface area contributed by atoms with Crippen molar-refractivity contribution < 1.29 is 4.79 Å². The van der Waals surface area contributed by atoms with E-state index < -0.39 is 0 Å². The fraction of sp³-hybridized carbons (Fsp3) is 0.188. The summed E-state index contributed by atoms with van der Waals surface area (Å²) < 4.78 is 0. The van der Waals surface area contributed by atoms with Crippen molar-refractivity contribution in [3.63, 3.8) is 0 Å². The van der Waals surface area contributed by atoms with E-state index in [-0.39, 0.29) is 5.91 Å². The van der Waals surface area contributed by atoms with Crippen molar-refractivity contribution in [1.82, 2.24) is 15.3 Å². The third-order valence-corrected chi connectivity index (χ3v) is 3.02. The van der Waals surface area contributed by atoms with Gasteiger partial charge in [-0.3, -0.25) is 4.79 Å². The van der Waals surface area contributed by atoms with Crippen LogP contribution in [0.15, 0.2) is 49.3 Å². The van der Waals surface area contributed by atoms with E-state index in [1.807, 2.05) is 31.2 Å². The molecule has 0 fully saturated rings. The molecule has 0 aliphatic carbocycles. The third kappa shape index (κ3) is 4.14. The summed E-state index contributed by atoms with van der Waals surface area (Å²) in [4.78, 5) is 20.2. The molecule has 0 aliphatic heterocycles. The van der Waals surface area contributed by atoms with Gasteiger partial charge in [-0.2, -0.15) is 0 Å². The van der Waals surface area contributed by atoms with Crippen LogP contribution in [0, 0.1) is 6.92 Å². The Bertz CT molecular complexity index is 622. The second kappa shape index (κ2) is 7.19. The highest BCUT2D eigenvalue weighted by Crippen LogP contribution is 2.07. The molecule has 0 aliphatic rings. The SMILES string of the molecule is C=CCNc1ncc(C(=O)NCc2ccccc2C)cn1. The molecule has 0 saturated heterocycles. The summed E-state index contributed by atoms with van der Waals surface area (Å²) in [6, 6.07) is 7.94. The Morgan fingerprint density at radius 3 is 2.67 bits per heavy atom. The minimum atomic E-state index is -0.187. The van der Waals surface area contributed by atoms with Crippen molar-refractivity contribution in [3.05, 3.63) is 66.0 Å². The quantitative estimate of drug-likeness (QED) is 0.798. The molecule has 0 saturated carbocycles. The van der Waals surface area contributed by atoms with Crippen LogP contribution in [0.4, 0.5) is 5.95 Å². The summed E-state index contributed by atoms with van der Waals surface area (Å²) in [6.07, 6.45) is 4.73. The van der Waals surface area contributed by atoms with Crippen LogP contribution in [0.5, 0.6) is 0 Å². The largest absolute Gasteiger partial charge is 0.351 e. The van der Waals surface area contributed by atoms with Gasteiger partial charge in [-0.25, -0.2) is 9.97 Å². The minimum absolute atomic E-state index is 0.187. The maximum Gasteiger partial charge on any atom is 0.254 e. The molecule has 1 heterocycles. The first kappa shape index (κ1) is 14.7. The lowest BCUT2D eigenvalue weighted by molar-refractivity contribution is 0.0950. The molecule has 0 spiro atoms. The van der Waals surface area contributed by atoms with Crippen molar-refractivity contribution >= 4 is 11.9 Å². The monoisotopic (exact) mass is 282 g/mol. The predicted octanol–water partition coefficient (Wildman–Crippen LogP) is 2.31. The Hall–Kier alpha value is -2.69. The number of anilines is 1. The smallest absolute Gasteiger partial charge is 0.254 e. The Balaban J connectivity index is 1.94. The molecule has 5 nitrogen and oxygen atoms in total. The van der Waals surface area contributed by atoms with Crippen LogP contribution >= 0.6 is 0 Å². The van der Waals surface area contributed by atoms with Gasteiger partial charge in [0.05, 0.1) is 5.56 Å². The highest BCUT2D eigenvalue weighted by Gasteiger charge is 2.07. The van der Waals surface area contributed by atoms with Crippen molar-refractivity contribution in [2.24, 2.45) is 0 Å². The zero-order valence-corrected chi connectivity index (χ0v) is 12.0. The first-order chi connectivity index (χ1) is 10.2. The summed E-state index contributed by atoms with van der Waals surface area (Å²) in [5.41, 5.74) is 2.68. The van der Waals surface area contributed by atoms with Gasteiger partial charge in [0.2, 0.25) is 5.95 Å². The fourth-order valence-corrected chi connectivity index (χ4v) is 1.79. The van der Waals surface area contributed by atoms with E-state index in [9.17, 15) is 4.79 Å². The number of aromatic nitrogens is 2. The highest BCUT2D eigenvalue weighted by atomic mass is 16.1. The third-order valence-electron chi connectivity index (χ3n) is 3.02. The van der Waals surface area contributed by atoms with Crippen LogP contribution < -0.4 is 10.6 Å². The Morgan fingerprint density at radius 1 is 1.29 bits per heavy atom. The van der Waals surface area contributed by atoms with E-state index in [4.69, 9.17) is 0 Å². The molecule has 1 aromatic heterocycles. The van der Waals surface area contributed by atoms with Crippen LogP contribution in [0.2, 0.25) is 0 Å². The lowest BCUT2D eigenvalue weighted by Crippen LogP contribution is -2.23. The van der Waals surface area contributed by atoms with Gasteiger partial charge in [-0.15, -0.1) is 6.58 Å². The van der Waals surface area contributed by atoms with Gasteiger partial charge in [0, 0.05) is 25.5 Å². The number of nitrogens with one attached hydrogen (secondary N) is 2. The number of aryl methyl sites for hydroxylation is 1. The molecule has 0 unspecified atom stereocenters. The summed E-state index contributed by atoms with van der Waals surface area (Å²) in [6.45, 7) is 6.69. The van der Waals surface area contributed by atoms with Crippen molar-refractivity contribution in [2.45, 2.75) is 13.5 Å². The summed E-state index contributed by atoms with van der Waals surface area (Å²) in [5, 5.41) is 5.82. The normalized spacial score (nSPS) is 9.95. The van der Waals surface area contributed by atoms with E-state index in [0.717, 1.165) is 11.1 Å². The van der Waals surface area contributed by atoms with E-state index in [1.54, 1.807) is 6.08 Å². The van der Waals surface area contributed by atoms with Crippen molar-refractivity contribution in [3.8, 4) is 0 Å². The van der Waals surface area contributed by atoms with Gasteiger partial charge < -0.3 is 10.6 Å². The Labute approximate surface area is 124 Å². The van der Waals surface area contributed by atoms with Crippen molar-refractivity contribution in [1.29, 1.82) is 0 Å². The highest BCUT2D eigenvalue weighted by molar-refractivity contribution is 5.93. The summed E-state index contributed by atoms with van der Waals surface area (Å²) >= 11 is 0. The zero-order valence-electron chi connectivity index (χ0n) is 12.0. The minimum Gasteiger partial charge on any atom is -0.351 e. The number of hydrogen-bond acceptors (Lipinski definition) is 4. The number of amides is 1. The number of carbonyl (C=O) groups excluding carboxylic acids is 1. The second-order valence-electron chi connectivity index (χ2n) is 4.57. The number of benzene rings is 1.